The van der Waals surface area contributed by atoms with E-state index >= 15 is 0 Å². The van der Waals surface area contributed by atoms with E-state index in [1.165, 1.54) is 128 Å². The summed E-state index contributed by atoms with van der Waals surface area (Å²) in [5, 5.41) is 5.80. The summed E-state index contributed by atoms with van der Waals surface area (Å²) in [5.41, 5.74) is 24.9. The minimum Gasteiger partial charge on any atom is -1.00 e. The normalized spacial score (nSPS) is 10.9. The molecule has 4 aromatic rings. The van der Waals surface area contributed by atoms with Crippen molar-refractivity contribution in [1.29, 1.82) is 0 Å². The Labute approximate surface area is 431 Å². The van der Waals surface area contributed by atoms with Gasteiger partial charge in [0.15, 0.2) is 8.07 Å². The number of anilines is 9. The van der Waals surface area contributed by atoms with Crippen LogP contribution in [0.4, 0.5) is 51.2 Å². The van der Waals surface area contributed by atoms with Crippen LogP contribution in [0.15, 0.2) is 0 Å². The van der Waals surface area contributed by atoms with Gasteiger partial charge >= 0.3 is 21.7 Å². The molecule has 9 nitrogen and oxygen atoms in total. The van der Waals surface area contributed by atoms with E-state index in [2.05, 4.69) is 240 Å². The van der Waals surface area contributed by atoms with E-state index < -0.39 is 8.07 Å². The van der Waals surface area contributed by atoms with Gasteiger partial charge < -0.3 is 81.3 Å². The predicted octanol–water partition coefficient (Wildman–Crippen LogP) is -2.53. The number of hydrogen-bond acceptors (Lipinski definition) is 9. The van der Waals surface area contributed by atoms with Crippen LogP contribution in [0.2, 0.25) is 0 Å². The Hall–Kier alpha value is -2.99. The topological polar surface area (TPSA) is 29.2 Å². The molecule has 0 fully saturated rings. The largest absolute Gasteiger partial charge is 4.00 e. The molecule has 0 N–H and O–H groups in total. The van der Waals surface area contributed by atoms with Crippen molar-refractivity contribution in [2.75, 3.05) is 171 Å². The smallest absolute Gasteiger partial charge is 1.00 e. The zero-order valence-electron chi connectivity index (χ0n) is 45.7. The van der Waals surface area contributed by atoms with Crippen LogP contribution in [0.5, 0.6) is 0 Å². The van der Waals surface area contributed by atoms with Gasteiger partial charge in [-0.2, -0.15) is 27.4 Å². The average molecular weight is 1010 g/mol. The molecule has 0 saturated carbocycles. The van der Waals surface area contributed by atoms with E-state index in [0.29, 0.717) is 0 Å². The van der Waals surface area contributed by atoms with Crippen molar-refractivity contribution in [1.82, 2.24) is 0 Å². The van der Waals surface area contributed by atoms with E-state index in [4.69, 9.17) is 0 Å². The summed E-state index contributed by atoms with van der Waals surface area (Å²) in [5.74, 6) is 0. The van der Waals surface area contributed by atoms with Gasteiger partial charge in [-0.15, -0.1) is 0 Å². The number of hydrogen-bond donors (Lipinski definition) is 0. The van der Waals surface area contributed by atoms with Crippen molar-refractivity contribution < 1.29 is 58.9 Å². The van der Waals surface area contributed by atoms with Crippen molar-refractivity contribution >= 4 is 80.0 Å². The molecular weight excluding hydrogens is 921 g/mol. The van der Waals surface area contributed by atoms with Gasteiger partial charge in [0.25, 0.3) is 0 Å². The van der Waals surface area contributed by atoms with Crippen molar-refractivity contribution in [2.45, 2.75) is 69.2 Å². The molecule has 0 radical (unpaired) electrons. The second kappa shape index (κ2) is 22.4. The molecule has 0 heterocycles. The van der Waals surface area contributed by atoms with Gasteiger partial charge in [0, 0.05) is 178 Å². The summed E-state index contributed by atoms with van der Waals surface area (Å²) in [6.07, 6.45) is 0. The molecule has 0 aliphatic rings. The van der Waals surface area contributed by atoms with Gasteiger partial charge in [0.1, 0.15) is 0 Å². The fourth-order valence-corrected chi connectivity index (χ4v) is 19.5. The van der Waals surface area contributed by atoms with Gasteiger partial charge in [-0.3, -0.25) is 0 Å². The molecular formula is C51H84Cl3N9SiTi. The Bertz CT molecular complexity index is 2000. The third-order valence-corrected chi connectivity index (χ3v) is 18.8. The SMILES string of the molecule is Cc1c(N(C)C)c(C)c(N(C)C)c([Si](c2c(N(C)C)c(C)c(N(C)C)c(C)c2N(C)C)(c2c(N(C)C)c(C)c(N(C)C)c(C)c2N(C)C)c2c(C)c(C)c(C)[c-]2C)c1N(C)C.[Cl-].[Cl-].[Cl-].[Ti+4]. The first-order valence-corrected chi connectivity index (χ1v) is 23.8. The van der Waals surface area contributed by atoms with Gasteiger partial charge in [-0.25, -0.2) is 0 Å². The van der Waals surface area contributed by atoms with Crippen molar-refractivity contribution in [3.05, 3.63) is 55.6 Å². The molecule has 0 amide bonds. The molecule has 4 aromatic carbocycles. The van der Waals surface area contributed by atoms with E-state index in [-0.39, 0.29) is 58.9 Å². The zero-order chi connectivity index (χ0) is 47.0. The first kappa shape index (κ1) is 62.0. The summed E-state index contributed by atoms with van der Waals surface area (Å²) >= 11 is 0. The Morgan fingerprint density at radius 3 is 0.569 bits per heavy atom. The average Bonchev–Trinajstić information content (AvgIpc) is 3.28. The molecule has 65 heavy (non-hydrogen) atoms. The molecule has 0 aliphatic carbocycles. The summed E-state index contributed by atoms with van der Waals surface area (Å²) < 4.78 is 0. The zero-order valence-corrected chi connectivity index (χ0v) is 50.5. The molecule has 0 spiro atoms. The minimum absolute atomic E-state index is 0. The fourth-order valence-electron chi connectivity index (χ4n) is 11.9. The molecule has 0 aliphatic heterocycles. The maximum absolute atomic E-state index is 3.71. The van der Waals surface area contributed by atoms with E-state index in [0.717, 1.165) is 0 Å². The maximum atomic E-state index is 2.44. The van der Waals surface area contributed by atoms with Gasteiger partial charge in [0.05, 0.1) is 0 Å². The Balaban J connectivity index is 0.0000102. The van der Waals surface area contributed by atoms with E-state index in [1.54, 1.807) is 0 Å². The second-order valence-electron chi connectivity index (χ2n) is 19.7. The van der Waals surface area contributed by atoms with Crippen molar-refractivity contribution in [3.63, 3.8) is 0 Å². The molecule has 4 rings (SSSR count). The maximum Gasteiger partial charge on any atom is 4.00 e. The van der Waals surface area contributed by atoms with Gasteiger partial charge in [-0.05, 0) is 90.5 Å². The van der Waals surface area contributed by atoms with Crippen LogP contribution >= 0.6 is 0 Å². The number of benzene rings is 3. The summed E-state index contributed by atoms with van der Waals surface area (Å²) in [6, 6.07) is 0. The van der Waals surface area contributed by atoms with Crippen molar-refractivity contribution in [3.8, 4) is 0 Å². The van der Waals surface area contributed by atoms with E-state index in [1.807, 2.05) is 0 Å². The van der Waals surface area contributed by atoms with Crippen LogP contribution in [0.25, 0.3) is 0 Å². The molecule has 0 atom stereocenters. The monoisotopic (exact) mass is 1000 g/mol. The van der Waals surface area contributed by atoms with Crippen LogP contribution in [-0.4, -0.2) is 135 Å². The van der Waals surface area contributed by atoms with Gasteiger partial charge in [0.2, 0.25) is 0 Å². The van der Waals surface area contributed by atoms with Crippen LogP contribution in [0.3, 0.4) is 0 Å². The molecule has 0 saturated heterocycles. The standard InChI is InChI=1S/C51H84N9Si.3ClH.Ti/c1-29-30(2)32(4)48(31(29)3)61(49-42(55(17)18)33(5)39(52(11)12)34(6)43(49)56(19)20,50-44(57(21)22)35(7)40(53(13)14)36(8)45(50)58(23)24)51-46(59(25)26)37(9)41(54(15)16)38(10)47(51)60(27)28;;;;/h1-28H3;3*1H;/q-1;;;;+4/p-3. The second-order valence-corrected chi connectivity index (χ2v) is 23.2. The molecule has 0 bridgehead atoms. The fraction of sp³-hybridized carbons (Fsp3) is 0.549. The van der Waals surface area contributed by atoms with E-state index in [9.17, 15) is 0 Å². The Kier molecular flexibility index (Phi) is 21.4. The molecule has 14 heteroatoms. The Morgan fingerprint density at radius 2 is 0.446 bits per heavy atom. The molecule has 362 valence electrons. The first-order valence-electron chi connectivity index (χ1n) is 21.8. The quantitative estimate of drug-likeness (QED) is 0.0820. The number of rotatable bonds is 13. The predicted molar refractivity (Wildman–Crippen MR) is 282 cm³/mol. The summed E-state index contributed by atoms with van der Waals surface area (Å²) in [7, 11) is 36.8. The number of nitrogens with zero attached hydrogens (tertiary/aromatic N) is 9. The summed E-state index contributed by atoms with van der Waals surface area (Å²) in [4.78, 5) is 21.6. The van der Waals surface area contributed by atoms with Crippen molar-refractivity contribution in [2.24, 2.45) is 0 Å². The minimum atomic E-state index is -3.71. The van der Waals surface area contributed by atoms with Crippen LogP contribution in [-0.2, 0) is 21.7 Å². The van der Waals surface area contributed by atoms with Crippen LogP contribution in [0, 0.1) is 69.2 Å². The van der Waals surface area contributed by atoms with Crippen LogP contribution in [0.1, 0.15) is 55.6 Å². The Morgan fingerprint density at radius 1 is 0.277 bits per heavy atom. The first-order chi connectivity index (χ1) is 28.0. The molecule has 0 aromatic heterocycles. The summed E-state index contributed by atoms with van der Waals surface area (Å²) in [6.45, 7) is 23.8. The molecule has 0 unspecified atom stereocenters. The third-order valence-electron chi connectivity index (χ3n) is 13.6. The third kappa shape index (κ3) is 9.57. The number of halogens is 3. The van der Waals surface area contributed by atoms with Gasteiger partial charge in [-0.1, -0.05) is 27.7 Å². The van der Waals surface area contributed by atoms with Crippen LogP contribution < -0.4 is 102 Å².